The first-order valence-corrected chi connectivity index (χ1v) is 5.93. The quantitative estimate of drug-likeness (QED) is 0.602. The number of esters is 1. The van der Waals surface area contributed by atoms with E-state index in [9.17, 15) is 13.6 Å². The Kier molecular flexibility index (Phi) is 6.28. The number of ether oxygens (including phenoxy) is 1. The summed E-state index contributed by atoms with van der Waals surface area (Å²) < 4.78 is 30.7. The molecule has 3 nitrogen and oxygen atoms in total. The van der Waals surface area contributed by atoms with Gasteiger partial charge in [0.25, 0.3) is 0 Å². The van der Waals surface area contributed by atoms with Crippen LogP contribution < -0.4 is 5.32 Å². The highest BCUT2D eigenvalue weighted by atomic mass is 19.1. The van der Waals surface area contributed by atoms with Crippen molar-refractivity contribution < 1.29 is 18.3 Å². The number of rotatable bonds is 7. The van der Waals surface area contributed by atoms with Gasteiger partial charge >= 0.3 is 5.97 Å². The van der Waals surface area contributed by atoms with Crippen molar-refractivity contribution in [2.24, 2.45) is 0 Å². The van der Waals surface area contributed by atoms with E-state index in [1.165, 1.54) is 12.1 Å². The molecule has 0 aliphatic rings. The molecule has 0 spiro atoms. The van der Waals surface area contributed by atoms with Crippen molar-refractivity contribution in [1.82, 2.24) is 5.32 Å². The molecule has 0 fully saturated rings. The van der Waals surface area contributed by atoms with Gasteiger partial charge in [-0.05, 0) is 19.0 Å². The molecule has 0 amide bonds. The molecule has 100 valence electrons. The first-order chi connectivity index (χ1) is 8.63. The van der Waals surface area contributed by atoms with Gasteiger partial charge in [-0.1, -0.05) is 13.0 Å². The summed E-state index contributed by atoms with van der Waals surface area (Å²) in [4.78, 5) is 10.8. The molecule has 0 aliphatic carbocycles. The lowest BCUT2D eigenvalue weighted by molar-refractivity contribution is -0.143. The first-order valence-electron chi connectivity index (χ1n) is 5.93. The van der Waals surface area contributed by atoms with Crippen molar-refractivity contribution in [1.29, 1.82) is 0 Å². The van der Waals surface area contributed by atoms with Crippen molar-refractivity contribution in [3.05, 3.63) is 35.4 Å². The summed E-state index contributed by atoms with van der Waals surface area (Å²) in [5.41, 5.74) is 0.418. The Morgan fingerprint density at radius 1 is 1.39 bits per heavy atom. The Bertz CT molecular complexity index is 397. The number of hydrogen-bond acceptors (Lipinski definition) is 3. The van der Waals surface area contributed by atoms with Crippen LogP contribution in [0.4, 0.5) is 8.78 Å². The maximum atomic E-state index is 13.2. The number of halogens is 2. The zero-order valence-corrected chi connectivity index (χ0v) is 10.3. The molecule has 18 heavy (non-hydrogen) atoms. The first kappa shape index (κ1) is 14.6. The van der Waals surface area contributed by atoms with Crippen LogP contribution in [0.15, 0.2) is 18.2 Å². The van der Waals surface area contributed by atoms with Gasteiger partial charge in [0.2, 0.25) is 0 Å². The average molecular weight is 257 g/mol. The topological polar surface area (TPSA) is 38.3 Å². The molecule has 0 saturated heterocycles. The SMILES string of the molecule is CCC(=O)OCCCNCc1ccc(F)cc1F. The van der Waals surface area contributed by atoms with Crippen LogP contribution in [-0.4, -0.2) is 19.1 Å². The lowest BCUT2D eigenvalue weighted by Gasteiger charge is -2.06. The Labute approximate surface area is 105 Å². The maximum Gasteiger partial charge on any atom is 0.305 e. The van der Waals surface area contributed by atoms with E-state index in [4.69, 9.17) is 4.74 Å². The molecule has 0 radical (unpaired) electrons. The highest BCUT2D eigenvalue weighted by molar-refractivity contribution is 5.68. The molecular formula is C13H17F2NO2. The Morgan fingerprint density at radius 3 is 2.83 bits per heavy atom. The molecule has 0 saturated carbocycles. The molecule has 1 rings (SSSR count). The van der Waals surface area contributed by atoms with Crippen molar-refractivity contribution in [3.63, 3.8) is 0 Å². The van der Waals surface area contributed by atoms with E-state index in [0.29, 0.717) is 38.1 Å². The van der Waals surface area contributed by atoms with Gasteiger partial charge in [-0.2, -0.15) is 0 Å². The lowest BCUT2D eigenvalue weighted by Crippen LogP contribution is -2.18. The van der Waals surface area contributed by atoms with Gasteiger partial charge in [-0.3, -0.25) is 4.79 Å². The van der Waals surface area contributed by atoms with E-state index in [2.05, 4.69) is 5.32 Å². The van der Waals surface area contributed by atoms with E-state index in [1.807, 2.05) is 0 Å². The zero-order chi connectivity index (χ0) is 13.4. The summed E-state index contributed by atoms with van der Waals surface area (Å²) in [5.74, 6) is -1.36. The molecular weight excluding hydrogens is 240 g/mol. The predicted molar refractivity (Wildman–Crippen MR) is 63.9 cm³/mol. The number of hydrogen-bond donors (Lipinski definition) is 1. The van der Waals surface area contributed by atoms with Crippen molar-refractivity contribution in [3.8, 4) is 0 Å². The standard InChI is InChI=1S/C13H17F2NO2/c1-2-13(17)18-7-3-6-16-9-10-4-5-11(14)8-12(10)15/h4-5,8,16H,2-3,6-7,9H2,1H3. The van der Waals surface area contributed by atoms with Gasteiger partial charge in [0, 0.05) is 24.6 Å². The van der Waals surface area contributed by atoms with Crippen LogP contribution in [0.1, 0.15) is 25.3 Å². The van der Waals surface area contributed by atoms with E-state index in [0.717, 1.165) is 6.07 Å². The highest BCUT2D eigenvalue weighted by Crippen LogP contribution is 2.08. The van der Waals surface area contributed by atoms with E-state index < -0.39 is 11.6 Å². The predicted octanol–water partition coefficient (Wildman–Crippen LogP) is 2.40. The van der Waals surface area contributed by atoms with Gasteiger partial charge in [0.1, 0.15) is 11.6 Å². The van der Waals surface area contributed by atoms with Crippen LogP contribution in [0, 0.1) is 11.6 Å². The second kappa shape index (κ2) is 7.76. The Hall–Kier alpha value is -1.49. The molecule has 0 aliphatic heterocycles. The molecule has 0 unspecified atom stereocenters. The van der Waals surface area contributed by atoms with Gasteiger partial charge in [0.15, 0.2) is 0 Å². The van der Waals surface area contributed by atoms with Crippen molar-refractivity contribution >= 4 is 5.97 Å². The summed E-state index contributed by atoms with van der Waals surface area (Å²) >= 11 is 0. The number of carbonyl (C=O) groups excluding carboxylic acids is 1. The summed E-state index contributed by atoms with van der Waals surface area (Å²) in [7, 11) is 0. The van der Waals surface area contributed by atoms with Gasteiger partial charge < -0.3 is 10.1 Å². The molecule has 0 heterocycles. The molecule has 0 bridgehead atoms. The molecule has 5 heteroatoms. The molecule has 0 atom stereocenters. The normalized spacial score (nSPS) is 10.4. The summed E-state index contributed by atoms with van der Waals surface area (Å²) in [6.07, 6.45) is 1.03. The van der Waals surface area contributed by atoms with Crippen LogP contribution in [0.5, 0.6) is 0 Å². The summed E-state index contributed by atoms with van der Waals surface area (Å²) in [5, 5.41) is 3.00. The van der Waals surface area contributed by atoms with Gasteiger partial charge in [-0.25, -0.2) is 8.78 Å². The average Bonchev–Trinajstić information content (AvgIpc) is 2.35. The van der Waals surface area contributed by atoms with Gasteiger partial charge in [-0.15, -0.1) is 0 Å². The van der Waals surface area contributed by atoms with Crippen LogP contribution in [0.2, 0.25) is 0 Å². The fourth-order valence-electron chi connectivity index (χ4n) is 1.37. The minimum absolute atomic E-state index is 0.223. The van der Waals surface area contributed by atoms with Gasteiger partial charge in [0.05, 0.1) is 6.61 Å². The minimum atomic E-state index is -0.581. The minimum Gasteiger partial charge on any atom is -0.466 e. The summed E-state index contributed by atoms with van der Waals surface area (Å²) in [6.45, 7) is 3.02. The number of carbonyl (C=O) groups is 1. The zero-order valence-electron chi connectivity index (χ0n) is 10.3. The third-order valence-corrected chi connectivity index (χ3v) is 2.38. The molecule has 0 aromatic heterocycles. The van der Waals surface area contributed by atoms with Crippen LogP contribution in [-0.2, 0) is 16.1 Å². The largest absolute Gasteiger partial charge is 0.466 e. The Morgan fingerprint density at radius 2 is 2.17 bits per heavy atom. The fraction of sp³-hybridized carbons (Fsp3) is 0.462. The highest BCUT2D eigenvalue weighted by Gasteiger charge is 2.03. The van der Waals surface area contributed by atoms with E-state index in [-0.39, 0.29) is 5.97 Å². The van der Waals surface area contributed by atoms with E-state index in [1.54, 1.807) is 6.92 Å². The third kappa shape index (κ3) is 5.23. The number of nitrogens with one attached hydrogen (secondary N) is 1. The van der Waals surface area contributed by atoms with Crippen LogP contribution in [0.25, 0.3) is 0 Å². The third-order valence-electron chi connectivity index (χ3n) is 2.38. The number of benzene rings is 1. The second-order valence-electron chi connectivity index (χ2n) is 3.84. The van der Waals surface area contributed by atoms with Crippen LogP contribution >= 0.6 is 0 Å². The van der Waals surface area contributed by atoms with Crippen molar-refractivity contribution in [2.75, 3.05) is 13.2 Å². The fourth-order valence-corrected chi connectivity index (χ4v) is 1.37. The van der Waals surface area contributed by atoms with Crippen LogP contribution in [0.3, 0.4) is 0 Å². The Balaban J connectivity index is 2.16. The molecule has 1 aromatic carbocycles. The monoisotopic (exact) mass is 257 g/mol. The molecule has 1 N–H and O–H groups in total. The van der Waals surface area contributed by atoms with Crippen molar-refractivity contribution in [2.45, 2.75) is 26.3 Å². The molecule has 1 aromatic rings. The maximum absolute atomic E-state index is 13.2. The summed E-state index contributed by atoms with van der Waals surface area (Å²) in [6, 6.07) is 3.50. The smallest absolute Gasteiger partial charge is 0.305 e. The lowest BCUT2D eigenvalue weighted by atomic mass is 10.2. The second-order valence-corrected chi connectivity index (χ2v) is 3.84. The van der Waals surface area contributed by atoms with E-state index >= 15 is 0 Å².